The zero-order valence-electron chi connectivity index (χ0n) is 21.0. The number of benzene rings is 2. The van der Waals surface area contributed by atoms with Crippen LogP contribution < -0.4 is 15.5 Å². The van der Waals surface area contributed by atoms with Gasteiger partial charge in [0.05, 0.1) is 29.3 Å². The largest absolute Gasteiger partial charge is 0.416 e. The molecule has 0 radical (unpaired) electrons. The van der Waals surface area contributed by atoms with Gasteiger partial charge in [-0.3, -0.25) is 9.48 Å². The number of carbonyl (C=O) groups is 1. The lowest BCUT2D eigenvalue weighted by Gasteiger charge is -2.20. The summed E-state index contributed by atoms with van der Waals surface area (Å²) in [5, 5.41) is 9.96. The van der Waals surface area contributed by atoms with Gasteiger partial charge in [-0.1, -0.05) is 12.1 Å². The van der Waals surface area contributed by atoms with Gasteiger partial charge in [-0.25, -0.2) is 4.98 Å². The number of aromatic nitrogens is 3. The molecule has 0 spiro atoms. The summed E-state index contributed by atoms with van der Waals surface area (Å²) < 4.78 is 40.8. The summed E-state index contributed by atoms with van der Waals surface area (Å²) in [5.74, 6) is 0.499. The highest BCUT2D eigenvalue weighted by molar-refractivity contribution is 6.04. The number of halogens is 3. The van der Waals surface area contributed by atoms with Gasteiger partial charge >= 0.3 is 6.18 Å². The topological polar surface area (TPSA) is 75.1 Å². The minimum absolute atomic E-state index is 0.105. The highest BCUT2D eigenvalue weighted by Gasteiger charge is 2.30. The number of pyridine rings is 1. The average Bonchev–Trinajstić information content (AvgIpc) is 3.54. The minimum atomic E-state index is -4.47. The second-order valence-electron chi connectivity index (χ2n) is 9.46. The van der Waals surface area contributed by atoms with E-state index in [1.165, 1.54) is 12.1 Å². The van der Waals surface area contributed by atoms with Crippen molar-refractivity contribution in [2.45, 2.75) is 25.4 Å². The quantitative estimate of drug-likeness (QED) is 0.320. The number of alkyl halides is 3. The molecule has 7 nitrogen and oxygen atoms in total. The lowest BCUT2D eigenvalue weighted by atomic mass is 9.92. The van der Waals surface area contributed by atoms with Crippen LogP contribution in [-0.4, -0.2) is 33.8 Å². The SMILES string of the molecule is Cc1ccc(C(=O)Nc2cccc(C(F)(F)F)c2)cc1[C@@H]1CCN(c2ccc(Nc3cnn(C)c3)nc2)C1. The van der Waals surface area contributed by atoms with E-state index in [9.17, 15) is 18.0 Å². The van der Waals surface area contributed by atoms with Crippen LogP contribution in [0.15, 0.2) is 73.2 Å². The first-order valence-electron chi connectivity index (χ1n) is 12.2. The van der Waals surface area contributed by atoms with Gasteiger partial charge in [0.1, 0.15) is 5.82 Å². The molecular formula is C28H27F3N6O. The molecule has 5 rings (SSSR count). The van der Waals surface area contributed by atoms with Gasteiger partial charge in [-0.15, -0.1) is 0 Å². The third-order valence-electron chi connectivity index (χ3n) is 6.71. The lowest BCUT2D eigenvalue weighted by molar-refractivity contribution is -0.137. The van der Waals surface area contributed by atoms with E-state index in [0.29, 0.717) is 5.56 Å². The molecule has 2 aromatic carbocycles. The molecule has 10 heteroatoms. The number of rotatable bonds is 6. The molecule has 0 bridgehead atoms. The fourth-order valence-corrected chi connectivity index (χ4v) is 4.73. The molecule has 1 amide bonds. The van der Waals surface area contributed by atoms with Crippen LogP contribution in [0, 0.1) is 6.92 Å². The van der Waals surface area contributed by atoms with Crippen molar-refractivity contribution >= 4 is 28.8 Å². The van der Waals surface area contributed by atoms with Crippen LogP contribution in [0.1, 0.15) is 39.4 Å². The fourth-order valence-electron chi connectivity index (χ4n) is 4.73. The van der Waals surface area contributed by atoms with Crippen molar-refractivity contribution in [3.05, 3.63) is 95.4 Å². The number of amides is 1. The van der Waals surface area contributed by atoms with Crippen molar-refractivity contribution in [1.29, 1.82) is 0 Å². The van der Waals surface area contributed by atoms with Gasteiger partial charge in [-0.2, -0.15) is 18.3 Å². The molecule has 2 aromatic heterocycles. The van der Waals surface area contributed by atoms with E-state index in [-0.39, 0.29) is 11.6 Å². The van der Waals surface area contributed by atoms with Crippen LogP contribution in [0.2, 0.25) is 0 Å². The standard InChI is InChI=1S/C28H27F3N6O/c1-18-6-7-19(27(38)35-22-5-3-4-21(13-22)28(29,30)31)12-25(18)20-10-11-37(16-20)24-8-9-26(32-15-24)34-23-14-33-36(2)17-23/h3-9,12-15,17,20H,10-11,16H2,1-2H3,(H,32,34)(H,35,38)/t20-/m1/s1. The molecule has 0 unspecified atom stereocenters. The van der Waals surface area contributed by atoms with Crippen molar-refractivity contribution in [3.8, 4) is 0 Å². The molecule has 3 heterocycles. The number of nitrogens with one attached hydrogen (secondary N) is 2. The average molecular weight is 521 g/mol. The highest BCUT2D eigenvalue weighted by atomic mass is 19.4. The number of hydrogen-bond donors (Lipinski definition) is 2. The predicted molar refractivity (Wildman–Crippen MR) is 141 cm³/mol. The van der Waals surface area contributed by atoms with Gasteiger partial charge in [0.15, 0.2) is 0 Å². The maximum atomic E-state index is 13.0. The number of nitrogens with zero attached hydrogens (tertiary/aromatic N) is 4. The van der Waals surface area contributed by atoms with Crippen molar-refractivity contribution in [2.75, 3.05) is 28.6 Å². The first kappa shape index (κ1) is 25.3. The van der Waals surface area contributed by atoms with E-state index in [4.69, 9.17) is 0 Å². The number of carbonyl (C=O) groups excluding carboxylic acids is 1. The van der Waals surface area contributed by atoms with E-state index in [1.807, 2.05) is 50.6 Å². The summed E-state index contributed by atoms with van der Waals surface area (Å²) in [6, 6.07) is 14.0. The molecule has 1 atom stereocenters. The van der Waals surface area contributed by atoms with Gasteiger partial charge in [-0.05, 0) is 66.9 Å². The van der Waals surface area contributed by atoms with Crippen LogP contribution in [0.5, 0.6) is 0 Å². The molecular weight excluding hydrogens is 493 g/mol. The molecule has 1 aliphatic rings. The van der Waals surface area contributed by atoms with E-state index >= 15 is 0 Å². The third-order valence-corrected chi connectivity index (χ3v) is 6.71. The van der Waals surface area contributed by atoms with Crippen LogP contribution in [0.4, 0.5) is 36.1 Å². The second-order valence-corrected chi connectivity index (χ2v) is 9.46. The Balaban J connectivity index is 1.26. The van der Waals surface area contributed by atoms with E-state index < -0.39 is 17.6 Å². The second kappa shape index (κ2) is 10.2. The Morgan fingerprint density at radius 3 is 2.61 bits per heavy atom. The number of hydrogen-bond acceptors (Lipinski definition) is 5. The van der Waals surface area contributed by atoms with Crippen LogP contribution in [0.25, 0.3) is 0 Å². The van der Waals surface area contributed by atoms with Crippen LogP contribution in [-0.2, 0) is 13.2 Å². The van der Waals surface area contributed by atoms with E-state index in [0.717, 1.165) is 60.0 Å². The van der Waals surface area contributed by atoms with Crippen molar-refractivity contribution in [1.82, 2.24) is 14.8 Å². The number of aryl methyl sites for hydroxylation is 2. The Kier molecular flexibility index (Phi) is 6.79. The molecule has 0 aliphatic carbocycles. The normalized spacial score (nSPS) is 15.5. The summed E-state index contributed by atoms with van der Waals surface area (Å²) >= 11 is 0. The fraction of sp³-hybridized carbons (Fsp3) is 0.250. The Bertz CT molecular complexity index is 1450. The smallest absolute Gasteiger partial charge is 0.370 e. The molecule has 2 N–H and O–H groups in total. The Morgan fingerprint density at radius 2 is 1.89 bits per heavy atom. The Labute approximate surface area is 218 Å². The monoisotopic (exact) mass is 520 g/mol. The molecule has 38 heavy (non-hydrogen) atoms. The summed E-state index contributed by atoms with van der Waals surface area (Å²) in [4.78, 5) is 19.7. The summed E-state index contributed by atoms with van der Waals surface area (Å²) in [7, 11) is 1.85. The lowest BCUT2D eigenvalue weighted by Crippen LogP contribution is -2.20. The Hall–Kier alpha value is -4.34. The maximum absolute atomic E-state index is 13.0. The van der Waals surface area contributed by atoms with Gasteiger partial charge < -0.3 is 15.5 Å². The zero-order valence-corrected chi connectivity index (χ0v) is 21.0. The van der Waals surface area contributed by atoms with Crippen molar-refractivity contribution in [2.24, 2.45) is 7.05 Å². The summed E-state index contributed by atoms with van der Waals surface area (Å²) in [6.07, 6.45) is 1.88. The zero-order chi connectivity index (χ0) is 26.9. The van der Waals surface area contributed by atoms with Gasteiger partial charge in [0, 0.05) is 43.5 Å². The predicted octanol–water partition coefficient (Wildman–Crippen LogP) is 6.13. The third kappa shape index (κ3) is 5.64. The first-order valence-corrected chi connectivity index (χ1v) is 12.2. The molecule has 1 fully saturated rings. The Morgan fingerprint density at radius 1 is 1.05 bits per heavy atom. The number of anilines is 4. The minimum Gasteiger partial charge on any atom is -0.370 e. The summed E-state index contributed by atoms with van der Waals surface area (Å²) in [5.41, 5.74) is 3.72. The maximum Gasteiger partial charge on any atom is 0.416 e. The van der Waals surface area contributed by atoms with E-state index in [1.54, 1.807) is 16.9 Å². The van der Waals surface area contributed by atoms with Crippen LogP contribution >= 0.6 is 0 Å². The van der Waals surface area contributed by atoms with Crippen molar-refractivity contribution < 1.29 is 18.0 Å². The molecule has 4 aromatic rings. The molecule has 1 saturated heterocycles. The van der Waals surface area contributed by atoms with Gasteiger partial charge in [0.25, 0.3) is 5.91 Å². The molecule has 0 saturated carbocycles. The van der Waals surface area contributed by atoms with E-state index in [2.05, 4.69) is 25.6 Å². The van der Waals surface area contributed by atoms with Gasteiger partial charge in [0.2, 0.25) is 0 Å². The first-order chi connectivity index (χ1) is 18.2. The highest BCUT2D eigenvalue weighted by Crippen LogP contribution is 2.34. The van der Waals surface area contributed by atoms with Crippen molar-refractivity contribution in [3.63, 3.8) is 0 Å². The van der Waals surface area contributed by atoms with Crippen LogP contribution in [0.3, 0.4) is 0 Å². The summed E-state index contributed by atoms with van der Waals surface area (Å²) in [6.45, 7) is 3.63. The molecule has 196 valence electrons. The molecule has 1 aliphatic heterocycles.